The average molecular weight is 504 g/mol. The second-order valence-corrected chi connectivity index (χ2v) is 8.83. The first-order valence-electron chi connectivity index (χ1n) is 12.1. The fraction of sp³-hybridized carbons (Fsp3) is 0.310. The molecule has 0 radical (unpaired) electrons. The highest BCUT2D eigenvalue weighted by Crippen LogP contribution is 2.26. The van der Waals surface area contributed by atoms with Crippen LogP contribution in [0.2, 0.25) is 0 Å². The molecule has 3 aromatic rings. The van der Waals surface area contributed by atoms with Crippen LogP contribution in [0.4, 0.5) is 4.39 Å². The number of piperazine rings is 1. The van der Waals surface area contributed by atoms with Crippen molar-refractivity contribution in [1.82, 2.24) is 9.80 Å². The van der Waals surface area contributed by atoms with Gasteiger partial charge in [-0.1, -0.05) is 24.3 Å². The van der Waals surface area contributed by atoms with Crippen LogP contribution in [0.25, 0.3) is 0 Å². The summed E-state index contributed by atoms with van der Waals surface area (Å²) in [5.74, 6) is 0.132. The number of hydrogen-bond acceptors (Lipinski definition) is 6. The molecule has 0 spiro atoms. The van der Waals surface area contributed by atoms with Crippen molar-refractivity contribution in [1.29, 1.82) is 5.26 Å². The lowest BCUT2D eigenvalue weighted by Crippen LogP contribution is -2.49. The van der Waals surface area contributed by atoms with Crippen molar-refractivity contribution in [2.24, 2.45) is 0 Å². The van der Waals surface area contributed by atoms with E-state index in [-0.39, 0.29) is 17.8 Å². The maximum Gasteiger partial charge on any atom is 0.254 e. The molecular weight excluding hydrogens is 473 g/mol. The van der Waals surface area contributed by atoms with Crippen molar-refractivity contribution in [3.8, 4) is 17.6 Å². The third-order valence-electron chi connectivity index (χ3n) is 6.48. The molecule has 1 saturated heterocycles. The minimum Gasteiger partial charge on any atom is -0.497 e. The minimum atomic E-state index is -0.549. The lowest BCUT2D eigenvalue weighted by molar-refractivity contribution is 0.00333. The predicted octanol–water partition coefficient (Wildman–Crippen LogP) is 4.43. The first-order chi connectivity index (χ1) is 18.0. The van der Waals surface area contributed by atoms with Gasteiger partial charge in [-0.2, -0.15) is 5.26 Å². The number of rotatable bonds is 9. The van der Waals surface area contributed by atoms with Gasteiger partial charge >= 0.3 is 0 Å². The molecule has 3 aromatic carbocycles. The third-order valence-corrected chi connectivity index (χ3v) is 6.48. The van der Waals surface area contributed by atoms with E-state index in [2.05, 4.69) is 11.0 Å². The molecule has 1 atom stereocenters. The highest BCUT2D eigenvalue weighted by atomic mass is 19.1. The zero-order valence-electron chi connectivity index (χ0n) is 21.0. The zero-order valence-corrected chi connectivity index (χ0v) is 21.0. The fourth-order valence-corrected chi connectivity index (χ4v) is 4.32. The summed E-state index contributed by atoms with van der Waals surface area (Å²) in [6, 6.07) is 21.6. The Balaban J connectivity index is 1.40. The molecule has 4 rings (SSSR count). The largest absolute Gasteiger partial charge is 0.497 e. The van der Waals surface area contributed by atoms with Crippen LogP contribution in [0.15, 0.2) is 66.7 Å². The maximum absolute atomic E-state index is 14.1. The Morgan fingerprint density at radius 3 is 2.41 bits per heavy atom. The quantitative estimate of drug-likeness (QED) is 0.430. The molecule has 8 heteroatoms. The summed E-state index contributed by atoms with van der Waals surface area (Å²) in [7, 11) is 3.03. The molecule has 0 aliphatic carbocycles. The van der Waals surface area contributed by atoms with Gasteiger partial charge in [0, 0.05) is 38.3 Å². The van der Waals surface area contributed by atoms with Gasteiger partial charge in [-0.25, -0.2) is 4.39 Å². The summed E-state index contributed by atoms with van der Waals surface area (Å²) in [5.41, 5.74) is 2.90. The number of halogens is 1. The Kier molecular flexibility index (Phi) is 8.72. The Morgan fingerprint density at radius 1 is 1.00 bits per heavy atom. The van der Waals surface area contributed by atoms with Crippen LogP contribution in [-0.4, -0.2) is 62.7 Å². The Labute approximate surface area is 216 Å². The Morgan fingerprint density at radius 2 is 1.76 bits per heavy atom. The second-order valence-electron chi connectivity index (χ2n) is 8.83. The van der Waals surface area contributed by atoms with E-state index in [4.69, 9.17) is 19.5 Å². The van der Waals surface area contributed by atoms with Crippen LogP contribution < -0.4 is 9.47 Å². The number of methoxy groups -OCH3 is 2. The summed E-state index contributed by atoms with van der Waals surface area (Å²) in [6.45, 7) is 3.45. The van der Waals surface area contributed by atoms with Gasteiger partial charge in [0.25, 0.3) is 5.91 Å². The van der Waals surface area contributed by atoms with Gasteiger partial charge in [-0.05, 0) is 53.6 Å². The minimum absolute atomic E-state index is 0.117. The van der Waals surface area contributed by atoms with Crippen molar-refractivity contribution in [3.63, 3.8) is 0 Å². The lowest BCUT2D eigenvalue weighted by atomic mass is 10.1. The van der Waals surface area contributed by atoms with E-state index in [1.165, 1.54) is 19.2 Å². The monoisotopic (exact) mass is 503 g/mol. The van der Waals surface area contributed by atoms with E-state index in [1.807, 2.05) is 36.4 Å². The second kappa shape index (κ2) is 12.3. The van der Waals surface area contributed by atoms with Crippen LogP contribution in [0.1, 0.15) is 33.2 Å². The number of amides is 1. The van der Waals surface area contributed by atoms with Crippen LogP contribution in [0.3, 0.4) is 0 Å². The van der Waals surface area contributed by atoms with E-state index in [9.17, 15) is 9.18 Å². The summed E-state index contributed by atoms with van der Waals surface area (Å²) in [5, 5.41) is 9.03. The molecule has 0 N–H and O–H groups in total. The molecule has 0 aromatic heterocycles. The number of nitrogens with zero attached hydrogens (tertiary/aromatic N) is 3. The number of hydrogen-bond donors (Lipinski definition) is 0. The molecule has 0 saturated carbocycles. The van der Waals surface area contributed by atoms with E-state index >= 15 is 0 Å². The van der Waals surface area contributed by atoms with E-state index in [0.29, 0.717) is 50.5 Å². The first kappa shape index (κ1) is 26.1. The van der Waals surface area contributed by atoms with Crippen molar-refractivity contribution < 1.29 is 23.4 Å². The molecule has 1 heterocycles. The standard InChI is InChI=1S/C29H30FN3O4/c1-35-25-5-3-4-23(16-25)28(37-20-22-8-6-21(18-31)7-9-22)19-32-12-14-33(15-13-32)29(34)24-10-11-27(36-2)26(30)17-24/h3-11,16-17,28H,12-15,19-20H2,1-2H3. The van der Waals surface area contributed by atoms with Crippen LogP contribution in [0.5, 0.6) is 11.5 Å². The lowest BCUT2D eigenvalue weighted by Gasteiger charge is -2.36. The van der Waals surface area contributed by atoms with Crippen molar-refractivity contribution in [3.05, 3.63) is 94.8 Å². The summed E-state index contributed by atoms with van der Waals surface area (Å²) >= 11 is 0. The fourth-order valence-electron chi connectivity index (χ4n) is 4.32. The normalized spacial score (nSPS) is 14.6. The van der Waals surface area contributed by atoms with Gasteiger partial charge in [-0.15, -0.1) is 0 Å². The molecule has 192 valence electrons. The molecular formula is C29H30FN3O4. The highest BCUT2D eigenvalue weighted by molar-refractivity contribution is 5.94. The number of benzene rings is 3. The van der Waals surface area contributed by atoms with E-state index in [0.717, 1.165) is 16.9 Å². The molecule has 1 fully saturated rings. The molecule has 37 heavy (non-hydrogen) atoms. The Hall–Kier alpha value is -3.93. The van der Waals surface area contributed by atoms with Crippen LogP contribution >= 0.6 is 0 Å². The average Bonchev–Trinajstić information content (AvgIpc) is 2.95. The molecule has 1 aliphatic heterocycles. The Bertz CT molecular complexity index is 1250. The van der Waals surface area contributed by atoms with Gasteiger partial charge in [0.05, 0.1) is 38.6 Å². The number of ether oxygens (including phenoxy) is 3. The summed E-state index contributed by atoms with van der Waals surface area (Å²) in [6.07, 6.45) is -0.219. The molecule has 1 unspecified atom stereocenters. The number of carbonyl (C=O) groups excluding carboxylic acids is 1. The number of carbonyl (C=O) groups is 1. The van der Waals surface area contributed by atoms with Crippen LogP contribution in [0, 0.1) is 17.1 Å². The molecule has 1 aliphatic rings. The van der Waals surface area contributed by atoms with Crippen molar-refractivity contribution in [2.45, 2.75) is 12.7 Å². The van der Waals surface area contributed by atoms with Gasteiger partial charge < -0.3 is 19.1 Å². The smallest absolute Gasteiger partial charge is 0.254 e. The molecule has 0 bridgehead atoms. The SMILES string of the molecule is COc1cccc(C(CN2CCN(C(=O)c3ccc(OC)c(F)c3)CC2)OCc2ccc(C#N)cc2)c1. The topological polar surface area (TPSA) is 75.0 Å². The van der Waals surface area contributed by atoms with Crippen molar-refractivity contribution >= 4 is 5.91 Å². The summed E-state index contributed by atoms with van der Waals surface area (Å²) in [4.78, 5) is 16.9. The summed E-state index contributed by atoms with van der Waals surface area (Å²) < 4.78 is 30.8. The van der Waals surface area contributed by atoms with Gasteiger partial charge in [-0.3, -0.25) is 9.69 Å². The molecule has 7 nitrogen and oxygen atoms in total. The number of nitriles is 1. The van der Waals surface area contributed by atoms with Gasteiger partial charge in [0.2, 0.25) is 0 Å². The van der Waals surface area contributed by atoms with E-state index in [1.54, 1.807) is 30.2 Å². The first-order valence-corrected chi connectivity index (χ1v) is 12.1. The van der Waals surface area contributed by atoms with Gasteiger partial charge in [0.1, 0.15) is 5.75 Å². The van der Waals surface area contributed by atoms with Gasteiger partial charge in [0.15, 0.2) is 11.6 Å². The predicted molar refractivity (Wildman–Crippen MR) is 137 cm³/mol. The maximum atomic E-state index is 14.1. The molecule has 1 amide bonds. The highest BCUT2D eigenvalue weighted by Gasteiger charge is 2.25. The van der Waals surface area contributed by atoms with Crippen LogP contribution in [-0.2, 0) is 11.3 Å². The van der Waals surface area contributed by atoms with E-state index < -0.39 is 5.82 Å². The van der Waals surface area contributed by atoms with Crippen molar-refractivity contribution in [2.75, 3.05) is 46.9 Å². The zero-order chi connectivity index (χ0) is 26.2. The third kappa shape index (κ3) is 6.64.